The number of carboxylic acid groups (broad SMARTS) is 2. The van der Waals surface area contributed by atoms with Crippen LogP contribution in [-0.4, -0.2) is 112 Å². The van der Waals surface area contributed by atoms with E-state index in [2.05, 4.69) is 30.7 Å². The van der Waals surface area contributed by atoms with Gasteiger partial charge in [0.2, 0.25) is 20.5 Å². The van der Waals surface area contributed by atoms with E-state index in [9.17, 15) is 81.3 Å². The van der Waals surface area contributed by atoms with Gasteiger partial charge in [-0.25, -0.2) is 26.4 Å². The summed E-state index contributed by atoms with van der Waals surface area (Å²) in [5.41, 5.74) is 24.0. The Hall–Kier alpha value is -10.0. The number of nitrogens with zero attached hydrogens (tertiary/aromatic N) is 6. The molecule has 8 rings (SSSR count). The Morgan fingerprint density at radius 3 is 1.30 bits per heavy atom. The molecular formula is C54H52N12O20S4. The topological polar surface area (TPSA) is 583 Å². The van der Waals surface area contributed by atoms with Gasteiger partial charge in [-0.3, -0.25) is 29.5 Å². The average molecular weight is 1320 g/mol. The molecule has 2 heterocycles. The molecule has 472 valence electrons. The summed E-state index contributed by atoms with van der Waals surface area (Å²) in [6.45, 7) is 1.30. The molecule has 90 heavy (non-hydrogen) atoms. The maximum Gasteiger partial charge on any atom is 0.336 e. The Balaban J connectivity index is 0.000000256. The van der Waals surface area contributed by atoms with Gasteiger partial charge in [-0.2, -0.15) is 16.8 Å². The lowest BCUT2D eigenvalue weighted by molar-refractivity contribution is -0.177. The Labute approximate surface area is 509 Å². The number of carboxylic acids is 2. The van der Waals surface area contributed by atoms with Crippen molar-refractivity contribution in [1.82, 2.24) is 10.6 Å². The number of amides is 2. The number of azide groups is 2. The monoisotopic (exact) mass is 1320 g/mol. The lowest BCUT2D eigenvalue weighted by Gasteiger charge is -2.21. The lowest BCUT2D eigenvalue weighted by atomic mass is 9.89. The number of nitrogen functional groups attached to an aromatic ring is 2. The average Bonchev–Trinajstić information content (AvgIpc) is 0.737. The van der Waals surface area contributed by atoms with Crippen LogP contribution in [0.2, 0.25) is 0 Å². The highest BCUT2D eigenvalue weighted by Crippen LogP contribution is 2.48. The first kappa shape index (κ1) is 67.5. The summed E-state index contributed by atoms with van der Waals surface area (Å²) in [6, 6.07) is 16.6. The minimum atomic E-state index is -5.37. The van der Waals surface area contributed by atoms with Crippen molar-refractivity contribution in [2.45, 2.75) is 70.9 Å². The van der Waals surface area contributed by atoms with Crippen LogP contribution in [0.5, 0.6) is 0 Å². The van der Waals surface area contributed by atoms with Crippen LogP contribution >= 0.6 is 0 Å². The molecule has 0 aromatic heterocycles. The fraction of sp³-hybridized carbons (Fsp3) is 0.222. The number of carbonyl (C=O) groups excluding carboxylic acids is 2. The molecule has 0 fully saturated rings. The normalized spacial score (nSPS) is 11.8. The quantitative estimate of drug-likeness (QED) is 0.00782. The van der Waals surface area contributed by atoms with Gasteiger partial charge < -0.3 is 50.3 Å². The summed E-state index contributed by atoms with van der Waals surface area (Å²) in [5.74, 6) is -5.48. The number of hydrogen-bond acceptors (Lipinski definition) is 20. The zero-order valence-electron chi connectivity index (χ0n) is 46.5. The maximum atomic E-state index is 13.1. The summed E-state index contributed by atoms with van der Waals surface area (Å²) in [7, 11) is -21.0. The number of aromatic carboxylic acids is 2. The molecule has 2 amide bonds. The number of rotatable bonds is 24. The van der Waals surface area contributed by atoms with Crippen LogP contribution in [0.1, 0.15) is 92.8 Å². The Morgan fingerprint density at radius 2 is 0.900 bits per heavy atom. The predicted octanol–water partition coefficient (Wildman–Crippen LogP) is 3.79. The highest BCUT2D eigenvalue weighted by molar-refractivity contribution is 7.86. The molecule has 14 N–H and O–H groups in total. The minimum Gasteiger partial charge on any atom is -0.744 e. The lowest BCUT2D eigenvalue weighted by Crippen LogP contribution is -2.47. The number of fused-ring (bicyclic) bond motifs is 4. The number of benzene rings is 6. The highest BCUT2D eigenvalue weighted by Gasteiger charge is 2.35. The second-order valence-electron chi connectivity index (χ2n) is 19.6. The molecule has 2 aliphatic carbocycles. The first-order chi connectivity index (χ1) is 42.3. The van der Waals surface area contributed by atoms with Gasteiger partial charge in [-0.05, 0) is 115 Å². The van der Waals surface area contributed by atoms with Crippen molar-refractivity contribution in [2.24, 2.45) is 10.2 Å². The molecule has 32 nitrogen and oxygen atoms in total. The van der Waals surface area contributed by atoms with Gasteiger partial charge in [0, 0.05) is 92.3 Å². The maximum absolute atomic E-state index is 13.1. The van der Waals surface area contributed by atoms with Crippen LogP contribution in [0.15, 0.2) is 124 Å². The zero-order chi connectivity index (χ0) is 66.2. The molecule has 0 spiro atoms. The first-order valence-electron chi connectivity index (χ1n) is 26.3. The number of nitrogens with two attached hydrogens (primary N) is 4. The van der Waals surface area contributed by atoms with Gasteiger partial charge in [0.1, 0.15) is 30.0 Å². The molecule has 36 heteroatoms. The molecular weight excluding hydrogens is 1260 g/mol. The van der Waals surface area contributed by atoms with Crippen LogP contribution in [0.4, 0.5) is 11.4 Å². The number of unbranched alkanes of at least 4 members (excludes halogenated alkanes) is 6. The third-order valence-electron chi connectivity index (χ3n) is 13.7. The van der Waals surface area contributed by atoms with Crippen LogP contribution < -0.4 is 43.6 Å². The summed E-state index contributed by atoms with van der Waals surface area (Å²) in [6.07, 6.45) is 5.65. The van der Waals surface area contributed by atoms with Gasteiger partial charge >= 0.3 is 32.2 Å². The van der Waals surface area contributed by atoms with Crippen molar-refractivity contribution in [3.63, 3.8) is 0 Å². The second-order valence-corrected chi connectivity index (χ2v) is 25.0. The first-order valence-corrected chi connectivity index (χ1v) is 32.0. The van der Waals surface area contributed by atoms with Gasteiger partial charge in [-0.1, -0.05) is 42.0 Å². The number of anilines is 2. The van der Waals surface area contributed by atoms with Crippen molar-refractivity contribution in [3.05, 3.63) is 139 Å². The molecule has 0 saturated heterocycles. The van der Waals surface area contributed by atoms with Gasteiger partial charge in [0.25, 0.3) is 11.8 Å². The second kappa shape index (κ2) is 27.6. The molecule has 0 unspecified atom stereocenters. The van der Waals surface area contributed by atoms with Gasteiger partial charge in [0.15, 0.2) is 22.7 Å². The fourth-order valence-electron chi connectivity index (χ4n) is 9.81. The molecule has 2 aliphatic heterocycles. The van der Waals surface area contributed by atoms with Crippen LogP contribution in [0.3, 0.4) is 0 Å². The summed E-state index contributed by atoms with van der Waals surface area (Å²) in [4.78, 5) is 52.1. The molecule has 0 bridgehead atoms. The van der Waals surface area contributed by atoms with Crippen LogP contribution in [0.25, 0.3) is 87.7 Å². The third kappa shape index (κ3) is 14.9. The van der Waals surface area contributed by atoms with E-state index in [0.29, 0.717) is 38.8 Å². The van der Waals surface area contributed by atoms with Gasteiger partial charge in [-0.15, -0.1) is 0 Å². The Bertz CT molecular complexity index is 4890. The standard InChI is InChI=1S/2C27H26N6O10S2/c28-19-9-7-16-21(17-8-10-20(29)25(45(40,41)42)23(17)43-22(16)24(19)44(37,38)39)18-13-14(5-6-15(18)27(35)36)26(34)31-11-3-1-2-4-12-32-33-30;28-19-9-7-16-21(17-8-10-20(29)25(45(40,41)42)23(17)43-22(16)24(19)44(37,38)39)15-6-5-14(13-18(15)27(35)36)26(34)31-11-3-1-2-4-12-32-33-30/h2*5-10,13,28H,1-4,11-12,29H2,(H,31,34)(H,35,36)(H,37,38,39)(H,40,41,42). The molecule has 4 aliphatic rings. The smallest absolute Gasteiger partial charge is 0.336 e. The van der Waals surface area contributed by atoms with E-state index in [4.69, 9.17) is 42.2 Å². The number of nitrogens with one attached hydrogen (secondary N) is 2. The van der Waals surface area contributed by atoms with E-state index in [1.54, 1.807) is 0 Å². The molecule has 4 aromatic carbocycles. The van der Waals surface area contributed by atoms with Crippen LogP contribution in [-0.2, 0) is 40.5 Å². The van der Waals surface area contributed by atoms with E-state index >= 15 is 0 Å². The SMILES string of the molecule is [N-]=[N+]=NCCCCCCNC(=O)c1ccc(-c2c3ccc(=[NH2+])c(S(=O)(=O)O)c-3oc3c(S(=O)(=O)[O-])c(N)ccc23)c(C(=O)O)c1.[N-]=[N+]=NCCCCCCNC(=O)c1ccc(C(=O)O)c(-c2c3ccc(=[NH2+])c(S(=O)(=O)O)c-3oc3c(S(=O)(=O)[O-])c(N)ccc23)c1. The van der Waals surface area contributed by atoms with Crippen molar-refractivity contribution in [3.8, 4) is 44.9 Å². The molecule has 4 aromatic rings. The van der Waals surface area contributed by atoms with Crippen molar-refractivity contribution in [2.75, 3.05) is 37.6 Å². The summed E-state index contributed by atoms with van der Waals surface area (Å²) in [5, 5.41) is 42.9. The van der Waals surface area contributed by atoms with E-state index in [-0.39, 0.29) is 73.9 Å². The third-order valence-corrected chi connectivity index (χ3v) is 17.4. The molecule has 0 radical (unpaired) electrons. The molecule has 0 atom stereocenters. The summed E-state index contributed by atoms with van der Waals surface area (Å²) >= 11 is 0. The number of hydrogen-bond donors (Lipinski definition) is 10. The Kier molecular flexibility index (Phi) is 20.7. The Morgan fingerprint density at radius 1 is 0.511 bits per heavy atom. The van der Waals surface area contributed by atoms with Crippen molar-refractivity contribution in [1.29, 1.82) is 0 Å². The fourth-order valence-corrected chi connectivity index (χ4v) is 12.8. The zero-order valence-corrected chi connectivity index (χ0v) is 49.8. The largest absolute Gasteiger partial charge is 0.744 e. The van der Waals surface area contributed by atoms with E-state index in [0.717, 1.165) is 62.1 Å². The van der Waals surface area contributed by atoms with Crippen molar-refractivity contribution >= 4 is 97.5 Å². The van der Waals surface area contributed by atoms with E-state index < -0.39 is 134 Å². The minimum absolute atomic E-state index is 0.00184. The number of carbonyl (C=O) groups is 4. The predicted molar refractivity (Wildman–Crippen MR) is 315 cm³/mol. The molecule has 0 saturated carbocycles. The van der Waals surface area contributed by atoms with Gasteiger partial charge in [0.05, 0.1) is 22.5 Å². The van der Waals surface area contributed by atoms with E-state index in [1.807, 2.05) is 0 Å². The summed E-state index contributed by atoms with van der Waals surface area (Å²) < 4.78 is 154. The highest BCUT2D eigenvalue weighted by atomic mass is 32.2. The van der Waals surface area contributed by atoms with E-state index in [1.165, 1.54) is 48.5 Å². The van der Waals surface area contributed by atoms with Crippen molar-refractivity contribution < 1.29 is 101 Å². The van der Waals surface area contributed by atoms with Crippen LogP contribution in [0, 0.1) is 0 Å².